The Balaban J connectivity index is 1.62. The first-order valence-corrected chi connectivity index (χ1v) is 18.5. The van der Waals surface area contributed by atoms with Gasteiger partial charge < -0.3 is 20.2 Å². The molecule has 270 valence electrons. The van der Waals surface area contributed by atoms with Gasteiger partial charge in [0.2, 0.25) is 0 Å². The monoisotopic (exact) mass is 714 g/mol. The lowest BCUT2D eigenvalue weighted by Crippen LogP contribution is -2.40. The molecule has 3 aromatic carbocycles. The summed E-state index contributed by atoms with van der Waals surface area (Å²) in [5.41, 5.74) is 10.8. The minimum Gasteiger partial charge on any atom is -0.463 e. The minimum absolute atomic E-state index is 0.00211. The molecule has 10 heteroatoms. The number of amidine groups is 2. The van der Waals surface area contributed by atoms with Gasteiger partial charge in [0.05, 0.1) is 12.2 Å². The first kappa shape index (κ1) is 37.8. The molecule has 0 saturated heterocycles. The number of esters is 1. The van der Waals surface area contributed by atoms with Crippen LogP contribution in [-0.4, -0.2) is 47.8 Å². The molecule has 4 aromatic rings. The number of nitrogens with two attached hydrogens (primary N) is 1. The number of hydrogen-bond donors (Lipinski definition) is 2. The normalized spacial score (nSPS) is 20.0. The number of hydrogen-bond acceptors (Lipinski definition) is 6. The van der Waals surface area contributed by atoms with E-state index in [9.17, 15) is 4.79 Å². The molecular weight excluding hydrogens is 667 g/mol. The van der Waals surface area contributed by atoms with Crippen molar-refractivity contribution in [2.45, 2.75) is 72.6 Å². The molecule has 51 heavy (non-hydrogen) atoms. The lowest BCUT2D eigenvalue weighted by atomic mass is 9.74. The predicted molar refractivity (Wildman–Crippen MR) is 206 cm³/mol. The Bertz CT molecular complexity index is 2020. The van der Waals surface area contributed by atoms with Gasteiger partial charge in [0.1, 0.15) is 17.4 Å². The second-order valence-electron chi connectivity index (χ2n) is 14.1. The second kappa shape index (κ2) is 15.8. The van der Waals surface area contributed by atoms with Gasteiger partial charge in [0.15, 0.2) is 17.4 Å². The Morgan fingerprint density at radius 1 is 1.08 bits per heavy atom. The SMILES string of the molecule is CCOC(=O)/C(C)=C(\C)c1cccc(C2(C)CCCC(C)(C)CSCCc3c(c(F)cc4[nH]ccc34)Oc3ccc(F)c(c3)C(=NC)N=C2N)c1. The van der Waals surface area contributed by atoms with E-state index >= 15 is 8.78 Å². The molecule has 1 atom stereocenters. The van der Waals surface area contributed by atoms with Crippen molar-refractivity contribution in [3.8, 4) is 11.5 Å². The van der Waals surface area contributed by atoms with E-state index in [1.165, 1.54) is 31.3 Å². The van der Waals surface area contributed by atoms with Crippen LogP contribution in [0.5, 0.6) is 11.5 Å². The van der Waals surface area contributed by atoms with Crippen LogP contribution in [0.3, 0.4) is 0 Å². The van der Waals surface area contributed by atoms with Gasteiger partial charge in [0.25, 0.3) is 0 Å². The van der Waals surface area contributed by atoms with Crippen molar-refractivity contribution >= 4 is 45.9 Å². The summed E-state index contributed by atoms with van der Waals surface area (Å²) in [4.78, 5) is 24.8. The Morgan fingerprint density at radius 3 is 2.61 bits per heavy atom. The number of allylic oxidation sites excluding steroid dienone is 1. The van der Waals surface area contributed by atoms with Crippen molar-refractivity contribution in [2.24, 2.45) is 21.1 Å². The number of ether oxygens (including phenoxy) is 2. The van der Waals surface area contributed by atoms with Crippen molar-refractivity contribution in [1.82, 2.24) is 4.98 Å². The largest absolute Gasteiger partial charge is 0.463 e. The molecule has 0 saturated carbocycles. The highest BCUT2D eigenvalue weighted by Gasteiger charge is 2.33. The quantitative estimate of drug-likeness (QED) is 0.162. The zero-order valence-electron chi connectivity index (χ0n) is 30.6. The molecule has 0 amide bonds. The fraction of sp³-hybridized carbons (Fsp3) is 0.390. The maximum atomic E-state index is 15.7. The first-order valence-electron chi connectivity index (χ1n) is 17.4. The highest BCUT2D eigenvalue weighted by Crippen LogP contribution is 2.39. The van der Waals surface area contributed by atoms with Gasteiger partial charge in [-0.15, -0.1) is 0 Å². The molecule has 1 unspecified atom stereocenters. The molecule has 1 aliphatic rings. The van der Waals surface area contributed by atoms with Gasteiger partial charge in [0, 0.05) is 46.8 Å². The van der Waals surface area contributed by atoms with E-state index in [1.807, 2.05) is 55.9 Å². The number of nitrogens with one attached hydrogen (secondary N) is 1. The number of rotatable bonds is 4. The molecule has 1 aromatic heterocycles. The van der Waals surface area contributed by atoms with Gasteiger partial charge >= 0.3 is 5.97 Å². The van der Waals surface area contributed by atoms with E-state index in [2.05, 4.69) is 23.8 Å². The van der Waals surface area contributed by atoms with Gasteiger partial charge in [-0.2, -0.15) is 11.8 Å². The Hall–Kier alpha value is -4.44. The molecule has 7 nitrogen and oxygen atoms in total. The summed E-state index contributed by atoms with van der Waals surface area (Å²) in [5, 5.41) is 0.890. The van der Waals surface area contributed by atoms with E-state index in [0.29, 0.717) is 30.5 Å². The summed E-state index contributed by atoms with van der Waals surface area (Å²) in [6, 6.07) is 15.6. The lowest BCUT2D eigenvalue weighted by Gasteiger charge is -2.32. The summed E-state index contributed by atoms with van der Waals surface area (Å²) >= 11 is 1.84. The highest BCUT2D eigenvalue weighted by atomic mass is 32.2. The first-order chi connectivity index (χ1) is 24.3. The standard InChI is InChI=1S/C41H48F2N4O3S/c1-8-49-38(48)26(3)25(2)27-11-9-12-28(21-27)41(6)18-10-17-40(4,5)24-51-20-16-31-30-15-19-46-35(30)23-34(43)36(31)50-29-13-14-33(42)32(22-29)37(45-7)47-39(41)44/h9,11-15,19,21-23,46H,8,10,16-18,20,24H2,1-7H3,(H2,44,45,47)/b26-25+. The van der Waals surface area contributed by atoms with Gasteiger partial charge in [-0.25, -0.2) is 18.6 Å². The van der Waals surface area contributed by atoms with Crippen LogP contribution in [-0.2, 0) is 21.4 Å². The third kappa shape index (κ3) is 8.38. The van der Waals surface area contributed by atoms with Gasteiger partial charge in [-0.05, 0) is 105 Å². The number of carbonyl (C=O) groups excluding carboxylic acids is 1. The summed E-state index contributed by atoms with van der Waals surface area (Å²) in [5.74, 6) is 0.994. The van der Waals surface area contributed by atoms with Crippen LogP contribution >= 0.6 is 11.8 Å². The van der Waals surface area contributed by atoms with Crippen molar-refractivity contribution in [1.29, 1.82) is 0 Å². The smallest absolute Gasteiger partial charge is 0.333 e. The van der Waals surface area contributed by atoms with E-state index in [1.54, 1.807) is 20.0 Å². The fourth-order valence-electron chi connectivity index (χ4n) is 6.55. The van der Waals surface area contributed by atoms with Crippen molar-refractivity contribution in [3.05, 3.63) is 100 Å². The number of aromatic amines is 1. The van der Waals surface area contributed by atoms with Gasteiger partial charge in [-0.3, -0.25) is 4.99 Å². The number of fused-ring (bicyclic) bond motifs is 5. The molecular formula is C41H48F2N4O3S. The summed E-state index contributed by atoms with van der Waals surface area (Å²) in [7, 11) is 1.53. The number of nitrogens with zero attached hydrogens (tertiary/aromatic N) is 2. The number of thioether (sulfide) groups is 1. The lowest BCUT2D eigenvalue weighted by molar-refractivity contribution is -0.138. The Kier molecular flexibility index (Phi) is 11.7. The Labute approximate surface area is 303 Å². The van der Waals surface area contributed by atoms with E-state index in [-0.39, 0.29) is 40.1 Å². The van der Waals surface area contributed by atoms with E-state index in [4.69, 9.17) is 20.2 Å². The molecule has 2 bridgehead atoms. The average Bonchev–Trinajstić information content (AvgIpc) is 3.57. The summed E-state index contributed by atoms with van der Waals surface area (Å²) in [6.45, 7) is 12.3. The summed E-state index contributed by atoms with van der Waals surface area (Å²) < 4.78 is 42.7. The highest BCUT2D eigenvalue weighted by molar-refractivity contribution is 7.99. The number of aryl methyl sites for hydroxylation is 1. The molecule has 2 heterocycles. The Morgan fingerprint density at radius 2 is 1.86 bits per heavy atom. The average molecular weight is 715 g/mol. The molecule has 0 fully saturated rings. The number of carbonyl (C=O) groups is 1. The van der Waals surface area contributed by atoms with Crippen LogP contribution in [0.25, 0.3) is 16.5 Å². The topological polar surface area (TPSA) is 102 Å². The van der Waals surface area contributed by atoms with Crippen LogP contribution < -0.4 is 10.5 Å². The fourth-order valence-corrected chi connectivity index (χ4v) is 7.74. The number of aliphatic imine (C=N–C) groups is 2. The number of aromatic nitrogens is 1. The molecule has 0 radical (unpaired) electrons. The minimum atomic E-state index is -0.771. The van der Waals surface area contributed by atoms with Crippen LogP contribution in [0, 0.1) is 17.0 Å². The maximum Gasteiger partial charge on any atom is 0.333 e. The molecule has 0 aliphatic carbocycles. The number of H-pyrrole nitrogens is 1. The molecule has 3 N–H and O–H groups in total. The van der Waals surface area contributed by atoms with Gasteiger partial charge in [-0.1, -0.05) is 44.5 Å². The van der Waals surface area contributed by atoms with Crippen LogP contribution in [0.1, 0.15) is 83.1 Å². The third-order valence-electron chi connectivity index (χ3n) is 9.86. The summed E-state index contributed by atoms with van der Waals surface area (Å²) in [6.07, 6.45) is 4.82. The predicted octanol–water partition coefficient (Wildman–Crippen LogP) is 9.77. The van der Waals surface area contributed by atoms with Crippen molar-refractivity contribution in [3.63, 3.8) is 0 Å². The van der Waals surface area contributed by atoms with Crippen LogP contribution in [0.4, 0.5) is 8.78 Å². The molecule has 1 aliphatic heterocycles. The molecule has 5 rings (SSSR count). The van der Waals surface area contributed by atoms with Crippen molar-refractivity contribution < 1.29 is 23.0 Å². The third-order valence-corrected chi connectivity index (χ3v) is 11.3. The second-order valence-corrected chi connectivity index (χ2v) is 15.2. The zero-order chi connectivity index (χ0) is 36.9. The van der Waals surface area contributed by atoms with Crippen LogP contribution in [0.2, 0.25) is 0 Å². The van der Waals surface area contributed by atoms with E-state index < -0.39 is 17.0 Å². The number of benzene rings is 3. The maximum absolute atomic E-state index is 15.7. The van der Waals surface area contributed by atoms with E-state index in [0.717, 1.165) is 52.0 Å². The van der Waals surface area contributed by atoms with Crippen LogP contribution in [0.15, 0.2) is 76.4 Å². The zero-order valence-corrected chi connectivity index (χ0v) is 31.4. The molecule has 0 spiro atoms. The number of halogens is 2. The van der Waals surface area contributed by atoms with Crippen molar-refractivity contribution in [2.75, 3.05) is 25.2 Å².